The molecule has 3 N–H and O–H groups in total. The Balaban J connectivity index is 0.000000945. The Hall–Kier alpha value is -3.03. The van der Waals surface area contributed by atoms with E-state index >= 15 is 0 Å². The van der Waals surface area contributed by atoms with E-state index in [-0.39, 0.29) is 28.6 Å². The number of benzene rings is 2. The van der Waals surface area contributed by atoms with Crippen molar-refractivity contribution in [2.24, 2.45) is 9.98 Å². The minimum Gasteiger partial charge on any atom is -0.504 e. The van der Waals surface area contributed by atoms with Crippen LogP contribution >= 0.6 is 0 Å². The summed E-state index contributed by atoms with van der Waals surface area (Å²) in [5.74, 6) is 0.304. The quantitative estimate of drug-likeness (QED) is 0.492. The molecule has 3 rings (SSSR count). The van der Waals surface area contributed by atoms with Crippen LogP contribution in [0.25, 0.3) is 0 Å². The largest absolute Gasteiger partial charge is 2.00 e. The van der Waals surface area contributed by atoms with Crippen molar-refractivity contribution in [3.8, 4) is 23.0 Å². The van der Waals surface area contributed by atoms with Crippen molar-refractivity contribution in [3.05, 3.63) is 47.5 Å². The van der Waals surface area contributed by atoms with Gasteiger partial charge in [0.25, 0.3) is 5.97 Å². The van der Waals surface area contributed by atoms with Gasteiger partial charge in [-0.1, -0.05) is 12.1 Å². The number of phenols is 2. The zero-order valence-electron chi connectivity index (χ0n) is 17.9. The summed E-state index contributed by atoms with van der Waals surface area (Å²) in [5.41, 5.74) is 1.24. The Labute approximate surface area is 198 Å². The summed E-state index contributed by atoms with van der Waals surface area (Å²) >= 11 is 0. The van der Waals surface area contributed by atoms with Crippen LogP contribution in [-0.4, -0.2) is 60.0 Å². The van der Waals surface area contributed by atoms with Crippen LogP contribution in [0.5, 0.6) is 23.0 Å². The fourth-order valence-corrected chi connectivity index (χ4v) is 2.71. The number of carboxylic acid groups (broad SMARTS) is 1. The maximum Gasteiger partial charge on any atom is 2.00 e. The second-order valence-electron chi connectivity index (χ2n) is 6.74. The first-order chi connectivity index (χ1) is 15.0. The molecule has 1 heterocycles. The van der Waals surface area contributed by atoms with Crippen molar-refractivity contribution in [2.75, 3.05) is 26.3 Å². The molecule has 0 aromatic heterocycles. The van der Waals surface area contributed by atoms with Crippen molar-refractivity contribution in [2.45, 2.75) is 26.2 Å². The molecule has 9 heteroatoms. The van der Waals surface area contributed by atoms with Gasteiger partial charge in [-0.25, -0.2) is 0 Å². The van der Waals surface area contributed by atoms with E-state index in [2.05, 4.69) is 9.98 Å². The molecule has 8 nitrogen and oxygen atoms in total. The van der Waals surface area contributed by atoms with Gasteiger partial charge in [0.2, 0.25) is 0 Å². The first-order valence-electron chi connectivity index (χ1n) is 10.1. The summed E-state index contributed by atoms with van der Waals surface area (Å²) in [6.45, 7) is 3.06. The van der Waals surface area contributed by atoms with Crippen molar-refractivity contribution in [1.82, 2.24) is 0 Å². The van der Waals surface area contributed by atoms with Crippen molar-refractivity contribution in [3.63, 3.8) is 0 Å². The number of ether oxygens (including phenoxy) is 2. The first-order valence-corrected chi connectivity index (χ1v) is 10.1. The fraction of sp³-hybridized carbons (Fsp3) is 0.348. The first kappa shape index (κ1) is 27.0. The normalized spacial score (nSPS) is 14.0. The van der Waals surface area contributed by atoms with Crippen LogP contribution in [0.4, 0.5) is 0 Å². The van der Waals surface area contributed by atoms with E-state index in [4.69, 9.17) is 19.4 Å². The van der Waals surface area contributed by atoms with Gasteiger partial charge in [-0.2, -0.15) is 0 Å². The van der Waals surface area contributed by atoms with Crippen LogP contribution in [0.2, 0.25) is 0 Å². The molecule has 0 saturated heterocycles. The number of rotatable bonds is 0. The summed E-state index contributed by atoms with van der Waals surface area (Å²) in [4.78, 5) is 17.6. The molecule has 171 valence electrons. The van der Waals surface area contributed by atoms with Gasteiger partial charge in [-0.15, -0.1) is 0 Å². The van der Waals surface area contributed by atoms with Gasteiger partial charge in [-0.3, -0.25) is 14.8 Å². The maximum absolute atomic E-state index is 10.3. The van der Waals surface area contributed by atoms with Gasteiger partial charge < -0.3 is 24.8 Å². The van der Waals surface area contributed by atoms with Crippen LogP contribution in [0.15, 0.2) is 46.4 Å². The number of aromatic hydroxyl groups is 2. The molecule has 0 atom stereocenters. The number of phenolic OH excluding ortho intramolecular Hbond substituents is 2. The van der Waals surface area contributed by atoms with Crippen LogP contribution < -0.4 is 9.47 Å². The molecule has 0 aliphatic carbocycles. The predicted octanol–water partition coefficient (Wildman–Crippen LogP) is 3.67. The van der Waals surface area contributed by atoms with Crippen LogP contribution in [0.1, 0.15) is 37.3 Å². The number of aliphatic carboxylic acids is 1. The third kappa shape index (κ3) is 9.41. The van der Waals surface area contributed by atoms with E-state index < -0.39 is 5.97 Å². The average molecular weight is 483 g/mol. The van der Waals surface area contributed by atoms with Crippen LogP contribution in [-0.2, 0) is 21.9 Å². The van der Waals surface area contributed by atoms with Gasteiger partial charge in [0.05, 0.1) is 26.3 Å². The number of aliphatic imine (C=N–C) groups is 2. The zero-order chi connectivity index (χ0) is 22.5. The number of carbonyl (C=O) groups is 1. The summed E-state index contributed by atoms with van der Waals surface area (Å²) in [5, 5.41) is 28.0. The molecule has 1 aliphatic heterocycles. The SMILES string of the molecule is CC(=O)O.Oc1c2cccc1OCCCCCOc1cccc(c1O)C=NCCN=C2.[Mn+2]. The molecule has 4 bridgehead atoms. The van der Waals surface area contributed by atoms with Gasteiger partial charge in [0.1, 0.15) is 0 Å². The fourth-order valence-electron chi connectivity index (χ4n) is 2.71. The Bertz CT molecular complexity index is 846. The average Bonchev–Trinajstić information content (AvgIpc) is 2.73. The predicted molar refractivity (Wildman–Crippen MR) is 119 cm³/mol. The molecule has 2 aromatic carbocycles. The van der Waals surface area contributed by atoms with E-state index in [1.165, 1.54) is 0 Å². The molecular formula is C23H28MnN2O6+2. The molecular weight excluding hydrogens is 455 g/mol. The molecule has 1 aliphatic rings. The number of nitrogens with zero attached hydrogens (tertiary/aromatic N) is 2. The maximum atomic E-state index is 10.3. The van der Waals surface area contributed by atoms with E-state index in [0.29, 0.717) is 48.9 Å². The second kappa shape index (κ2) is 14.9. The smallest absolute Gasteiger partial charge is 0.504 e. The Morgan fingerprint density at radius 1 is 0.812 bits per heavy atom. The monoisotopic (exact) mass is 483 g/mol. The van der Waals surface area contributed by atoms with E-state index in [1.54, 1.807) is 36.7 Å². The molecule has 0 amide bonds. The Morgan fingerprint density at radius 3 is 1.62 bits per heavy atom. The summed E-state index contributed by atoms with van der Waals surface area (Å²) < 4.78 is 11.4. The van der Waals surface area contributed by atoms with Gasteiger partial charge in [0.15, 0.2) is 23.0 Å². The number of hydrogen-bond acceptors (Lipinski definition) is 7. The summed E-state index contributed by atoms with van der Waals surface area (Å²) in [7, 11) is 0. The van der Waals surface area contributed by atoms with Crippen molar-refractivity contribution >= 4 is 18.4 Å². The standard InChI is InChI=1S/C21H24N2O4.C2H4O2.Mn/c24-20-16-6-4-8-18(20)26-12-2-1-3-13-27-19-9-5-7-17(21(19)25)15-23-11-10-22-14-16;1-2(3)4;/h4-9,14-15,24-25H,1-3,10-13H2;1H3,(H,3,4);/q;;+2. The zero-order valence-corrected chi connectivity index (χ0v) is 19.1. The molecule has 32 heavy (non-hydrogen) atoms. The molecule has 0 unspecified atom stereocenters. The molecule has 0 fully saturated rings. The van der Waals surface area contributed by atoms with Crippen molar-refractivity contribution < 1.29 is 46.7 Å². The van der Waals surface area contributed by atoms with Gasteiger partial charge >= 0.3 is 17.1 Å². The molecule has 2 aromatic rings. The number of para-hydroxylation sites is 2. The van der Waals surface area contributed by atoms with E-state index in [1.807, 2.05) is 12.1 Å². The third-order valence-electron chi connectivity index (χ3n) is 4.18. The van der Waals surface area contributed by atoms with Crippen LogP contribution in [0, 0.1) is 0 Å². The van der Waals surface area contributed by atoms with Gasteiger partial charge in [0, 0.05) is 30.5 Å². The van der Waals surface area contributed by atoms with Crippen LogP contribution in [0.3, 0.4) is 0 Å². The summed E-state index contributed by atoms with van der Waals surface area (Å²) in [6.07, 6.45) is 5.86. The third-order valence-corrected chi connectivity index (χ3v) is 4.18. The molecule has 1 radical (unpaired) electrons. The number of hydrogen-bond donors (Lipinski definition) is 3. The number of fused-ring (bicyclic) bond motifs is 4. The van der Waals surface area contributed by atoms with E-state index in [9.17, 15) is 10.2 Å². The minimum atomic E-state index is -0.833. The topological polar surface area (TPSA) is 121 Å². The minimum absolute atomic E-state index is 0. The summed E-state index contributed by atoms with van der Waals surface area (Å²) in [6, 6.07) is 10.7. The number of carboxylic acids is 1. The molecule has 0 spiro atoms. The van der Waals surface area contributed by atoms with Crippen molar-refractivity contribution in [1.29, 1.82) is 0 Å². The molecule has 0 saturated carbocycles. The second-order valence-corrected chi connectivity index (χ2v) is 6.74. The Kier molecular flexibility index (Phi) is 12.6. The Morgan fingerprint density at radius 2 is 1.22 bits per heavy atom. The van der Waals surface area contributed by atoms with Gasteiger partial charge in [-0.05, 0) is 43.5 Å². The van der Waals surface area contributed by atoms with E-state index in [0.717, 1.165) is 26.2 Å².